The van der Waals surface area contributed by atoms with Gasteiger partial charge in [-0.25, -0.2) is 4.98 Å². The van der Waals surface area contributed by atoms with Gasteiger partial charge in [-0.1, -0.05) is 32.3 Å². The van der Waals surface area contributed by atoms with E-state index in [1.54, 1.807) is 13.2 Å². The van der Waals surface area contributed by atoms with Gasteiger partial charge in [-0.05, 0) is 26.3 Å². The van der Waals surface area contributed by atoms with Crippen molar-refractivity contribution in [2.24, 2.45) is 4.99 Å². The number of hydrogen-bond donors (Lipinski definition) is 2. The van der Waals surface area contributed by atoms with Crippen LogP contribution in [0.3, 0.4) is 0 Å². The molecule has 1 atom stereocenters. The minimum Gasteiger partial charge on any atom is -0.478 e. The minimum atomic E-state index is 0.415. The fourth-order valence-corrected chi connectivity index (χ4v) is 2.21. The van der Waals surface area contributed by atoms with Gasteiger partial charge in [-0.3, -0.25) is 4.99 Å². The topological polar surface area (TPSA) is 58.5 Å². The summed E-state index contributed by atoms with van der Waals surface area (Å²) in [5, 5.41) is 6.75. The van der Waals surface area contributed by atoms with Crippen molar-refractivity contribution >= 4 is 5.96 Å². The van der Waals surface area contributed by atoms with E-state index < -0.39 is 0 Å². The fraction of sp³-hybridized carbons (Fsp3) is 0.647. The largest absolute Gasteiger partial charge is 0.478 e. The quantitative estimate of drug-likeness (QED) is 0.418. The third-order valence-electron chi connectivity index (χ3n) is 3.42. The molecule has 0 saturated heterocycles. The molecule has 0 aliphatic rings. The average Bonchev–Trinajstić information content (AvgIpc) is 2.53. The van der Waals surface area contributed by atoms with Crippen LogP contribution in [0.1, 0.15) is 52.0 Å². The van der Waals surface area contributed by atoms with Crippen molar-refractivity contribution in [3.8, 4) is 5.88 Å². The lowest BCUT2D eigenvalue weighted by molar-refractivity contribution is 0.322. The molecular formula is C17H30N4O. The monoisotopic (exact) mass is 306 g/mol. The molecule has 22 heavy (non-hydrogen) atoms. The smallest absolute Gasteiger partial charge is 0.218 e. The molecule has 0 bridgehead atoms. The number of hydrogen-bond acceptors (Lipinski definition) is 3. The van der Waals surface area contributed by atoms with Gasteiger partial charge >= 0.3 is 0 Å². The lowest BCUT2D eigenvalue weighted by atomic mass is 10.1. The van der Waals surface area contributed by atoms with E-state index in [0.29, 0.717) is 25.1 Å². The molecule has 1 unspecified atom stereocenters. The van der Waals surface area contributed by atoms with Crippen molar-refractivity contribution in [3.63, 3.8) is 0 Å². The van der Waals surface area contributed by atoms with Crippen LogP contribution in [0, 0.1) is 0 Å². The number of aliphatic imine (C=N–C) groups is 1. The van der Waals surface area contributed by atoms with E-state index in [-0.39, 0.29) is 0 Å². The van der Waals surface area contributed by atoms with Crippen LogP contribution >= 0.6 is 0 Å². The van der Waals surface area contributed by atoms with Gasteiger partial charge in [0.05, 0.1) is 6.61 Å². The average molecular weight is 306 g/mol. The normalized spacial score (nSPS) is 12.8. The maximum Gasteiger partial charge on any atom is 0.218 e. The molecule has 5 nitrogen and oxygen atoms in total. The molecule has 0 amide bonds. The lowest BCUT2D eigenvalue weighted by Gasteiger charge is -2.18. The molecule has 124 valence electrons. The Morgan fingerprint density at radius 1 is 1.36 bits per heavy atom. The maximum absolute atomic E-state index is 5.54. The molecule has 5 heteroatoms. The van der Waals surface area contributed by atoms with Crippen LogP contribution in [0.15, 0.2) is 23.3 Å². The summed E-state index contributed by atoms with van der Waals surface area (Å²) >= 11 is 0. The number of rotatable bonds is 9. The van der Waals surface area contributed by atoms with Gasteiger partial charge in [-0.15, -0.1) is 0 Å². The van der Waals surface area contributed by atoms with Gasteiger partial charge in [0.2, 0.25) is 5.88 Å². The molecule has 0 fully saturated rings. The number of aromatic nitrogens is 1. The third-order valence-corrected chi connectivity index (χ3v) is 3.42. The predicted molar refractivity (Wildman–Crippen MR) is 92.3 cm³/mol. The molecule has 1 heterocycles. The standard InChI is InChI=1S/C17H30N4O/c1-5-7-8-10-14(3)21-17(18-4)20-13-15-11-9-12-19-16(15)22-6-2/h9,11-12,14H,5-8,10,13H2,1-4H3,(H2,18,20,21). The lowest BCUT2D eigenvalue weighted by Crippen LogP contribution is -2.41. The van der Waals surface area contributed by atoms with E-state index in [9.17, 15) is 0 Å². The van der Waals surface area contributed by atoms with Crippen LogP contribution in [-0.4, -0.2) is 30.6 Å². The van der Waals surface area contributed by atoms with Gasteiger partial charge in [-0.2, -0.15) is 0 Å². The Labute approximate surface area is 134 Å². The summed E-state index contributed by atoms with van der Waals surface area (Å²) < 4.78 is 5.54. The first-order chi connectivity index (χ1) is 10.7. The molecule has 0 radical (unpaired) electrons. The van der Waals surface area contributed by atoms with E-state index in [1.165, 1.54) is 19.3 Å². The van der Waals surface area contributed by atoms with Crippen molar-refractivity contribution in [2.45, 2.75) is 59.0 Å². The molecule has 0 saturated carbocycles. The van der Waals surface area contributed by atoms with E-state index in [1.807, 2.05) is 19.1 Å². The zero-order valence-electron chi connectivity index (χ0n) is 14.4. The summed E-state index contributed by atoms with van der Waals surface area (Å²) in [7, 11) is 1.79. The van der Waals surface area contributed by atoms with Gasteiger partial charge < -0.3 is 15.4 Å². The first-order valence-electron chi connectivity index (χ1n) is 8.25. The number of nitrogens with zero attached hydrogens (tertiary/aromatic N) is 2. The van der Waals surface area contributed by atoms with E-state index >= 15 is 0 Å². The molecule has 1 aromatic heterocycles. The Balaban J connectivity index is 2.47. The van der Waals surface area contributed by atoms with Crippen LogP contribution in [0.25, 0.3) is 0 Å². The molecule has 2 N–H and O–H groups in total. The van der Waals surface area contributed by atoms with Crippen molar-refractivity contribution in [2.75, 3.05) is 13.7 Å². The highest BCUT2D eigenvalue weighted by Gasteiger charge is 2.07. The molecule has 1 aromatic rings. The van der Waals surface area contributed by atoms with E-state index in [0.717, 1.165) is 17.9 Å². The van der Waals surface area contributed by atoms with Crippen molar-refractivity contribution in [1.82, 2.24) is 15.6 Å². The van der Waals surface area contributed by atoms with Crippen LogP contribution in [0.4, 0.5) is 0 Å². The Kier molecular flexibility index (Phi) is 9.03. The highest BCUT2D eigenvalue weighted by atomic mass is 16.5. The van der Waals surface area contributed by atoms with Gasteiger partial charge in [0.1, 0.15) is 0 Å². The van der Waals surface area contributed by atoms with E-state index in [4.69, 9.17) is 4.74 Å². The van der Waals surface area contributed by atoms with Crippen LogP contribution in [-0.2, 0) is 6.54 Å². The molecule has 0 aliphatic heterocycles. The van der Waals surface area contributed by atoms with Crippen LogP contribution < -0.4 is 15.4 Å². The second-order valence-corrected chi connectivity index (χ2v) is 5.37. The van der Waals surface area contributed by atoms with Gasteiger partial charge in [0.25, 0.3) is 0 Å². The Bertz CT molecular complexity index is 448. The SMILES string of the molecule is CCCCCC(C)NC(=NC)NCc1cccnc1OCC. The fourth-order valence-electron chi connectivity index (χ4n) is 2.21. The van der Waals surface area contributed by atoms with Gasteiger partial charge in [0, 0.05) is 31.4 Å². The second kappa shape index (κ2) is 10.9. The summed E-state index contributed by atoms with van der Waals surface area (Å²) in [6.45, 7) is 7.64. The van der Waals surface area contributed by atoms with Crippen LogP contribution in [0.5, 0.6) is 5.88 Å². The summed E-state index contributed by atoms with van der Waals surface area (Å²) in [6.07, 6.45) is 6.69. The zero-order valence-corrected chi connectivity index (χ0v) is 14.4. The van der Waals surface area contributed by atoms with Crippen LogP contribution in [0.2, 0.25) is 0 Å². The van der Waals surface area contributed by atoms with Gasteiger partial charge in [0.15, 0.2) is 5.96 Å². The Morgan fingerprint density at radius 3 is 2.86 bits per heavy atom. The molecule has 0 aromatic carbocycles. The van der Waals surface area contributed by atoms with Crippen molar-refractivity contribution in [1.29, 1.82) is 0 Å². The number of guanidine groups is 1. The highest BCUT2D eigenvalue weighted by molar-refractivity contribution is 5.79. The highest BCUT2D eigenvalue weighted by Crippen LogP contribution is 2.13. The number of nitrogens with one attached hydrogen (secondary N) is 2. The van der Waals surface area contributed by atoms with E-state index in [2.05, 4.69) is 34.5 Å². The minimum absolute atomic E-state index is 0.415. The number of unbranched alkanes of at least 4 members (excludes halogenated alkanes) is 2. The maximum atomic E-state index is 5.54. The molecule has 0 spiro atoms. The summed E-state index contributed by atoms with van der Waals surface area (Å²) in [5.74, 6) is 1.50. The Morgan fingerprint density at radius 2 is 2.18 bits per heavy atom. The summed E-state index contributed by atoms with van der Waals surface area (Å²) in [6, 6.07) is 4.35. The summed E-state index contributed by atoms with van der Waals surface area (Å²) in [4.78, 5) is 8.54. The summed E-state index contributed by atoms with van der Waals surface area (Å²) in [5.41, 5.74) is 1.03. The molecular weight excluding hydrogens is 276 g/mol. The van der Waals surface area contributed by atoms with Crippen molar-refractivity contribution < 1.29 is 4.74 Å². The third kappa shape index (κ3) is 6.78. The predicted octanol–water partition coefficient (Wildman–Crippen LogP) is 3.11. The zero-order chi connectivity index (χ0) is 16.2. The molecule has 0 aliphatic carbocycles. The number of ether oxygens (including phenoxy) is 1. The number of pyridine rings is 1. The molecule has 1 rings (SSSR count). The van der Waals surface area contributed by atoms with Crippen molar-refractivity contribution in [3.05, 3.63) is 23.9 Å². The second-order valence-electron chi connectivity index (χ2n) is 5.37. The first-order valence-corrected chi connectivity index (χ1v) is 8.25. The Hall–Kier alpha value is -1.78. The first kappa shape index (κ1) is 18.3.